The maximum absolute atomic E-state index is 11.8. The molecule has 3 nitrogen and oxygen atoms in total. The SMILES string of the molecule is Cc1ccc(-c2ccc(OCc3ccc(C(C)C)cc3)c(C(=O)O)c2)c(C)c1. The standard InChI is InChI=1S/C25H26O3/c1-16(2)20-8-6-19(7-9-20)15-28-24-12-10-21(14-23(24)25(26)27)22-11-5-17(3)13-18(22)4/h5-14,16H,15H2,1-4H3,(H,26,27). The number of carboxylic acid groups (broad SMARTS) is 1. The molecule has 0 aliphatic rings. The molecule has 0 fully saturated rings. The molecule has 3 heteroatoms. The second-order valence-corrected chi connectivity index (χ2v) is 7.52. The first kappa shape index (κ1) is 19.7. The zero-order valence-corrected chi connectivity index (χ0v) is 16.8. The van der Waals surface area contributed by atoms with Crippen molar-refractivity contribution >= 4 is 5.97 Å². The Morgan fingerprint density at radius 2 is 1.68 bits per heavy atom. The van der Waals surface area contributed by atoms with Crippen molar-refractivity contribution < 1.29 is 14.6 Å². The number of hydrogen-bond donors (Lipinski definition) is 1. The van der Waals surface area contributed by atoms with Gasteiger partial charge in [-0.2, -0.15) is 0 Å². The lowest BCUT2D eigenvalue weighted by atomic mass is 9.97. The Balaban J connectivity index is 1.84. The number of benzene rings is 3. The van der Waals surface area contributed by atoms with Gasteiger partial charge in [0.05, 0.1) is 0 Å². The summed E-state index contributed by atoms with van der Waals surface area (Å²) in [5.74, 6) is -0.128. The predicted molar refractivity (Wildman–Crippen MR) is 113 cm³/mol. The summed E-state index contributed by atoms with van der Waals surface area (Å²) in [6, 6.07) is 19.8. The quantitative estimate of drug-likeness (QED) is 0.545. The number of ether oxygens (including phenoxy) is 1. The van der Waals surface area contributed by atoms with E-state index in [4.69, 9.17) is 4.74 Å². The normalized spacial score (nSPS) is 10.9. The van der Waals surface area contributed by atoms with Gasteiger partial charge >= 0.3 is 5.97 Å². The third-order valence-corrected chi connectivity index (χ3v) is 4.94. The van der Waals surface area contributed by atoms with E-state index in [1.54, 1.807) is 12.1 Å². The van der Waals surface area contributed by atoms with Gasteiger partial charge in [-0.3, -0.25) is 0 Å². The van der Waals surface area contributed by atoms with E-state index in [9.17, 15) is 9.90 Å². The summed E-state index contributed by atoms with van der Waals surface area (Å²) in [6.07, 6.45) is 0. The Bertz CT molecular complexity index is 985. The van der Waals surface area contributed by atoms with Crippen LogP contribution in [0.2, 0.25) is 0 Å². The Labute approximate surface area is 166 Å². The van der Waals surface area contributed by atoms with Crippen LogP contribution < -0.4 is 4.74 Å². The van der Waals surface area contributed by atoms with Gasteiger partial charge in [0.25, 0.3) is 0 Å². The minimum Gasteiger partial charge on any atom is -0.488 e. The first-order chi connectivity index (χ1) is 13.3. The molecule has 0 saturated heterocycles. The van der Waals surface area contributed by atoms with Crippen LogP contribution in [0.25, 0.3) is 11.1 Å². The van der Waals surface area contributed by atoms with Crippen molar-refractivity contribution in [1.29, 1.82) is 0 Å². The topological polar surface area (TPSA) is 46.5 Å². The number of aryl methyl sites for hydroxylation is 2. The zero-order valence-electron chi connectivity index (χ0n) is 16.8. The van der Waals surface area contributed by atoms with Crippen molar-refractivity contribution in [3.8, 4) is 16.9 Å². The zero-order chi connectivity index (χ0) is 20.3. The van der Waals surface area contributed by atoms with Gasteiger partial charge in [-0.15, -0.1) is 0 Å². The van der Waals surface area contributed by atoms with Crippen molar-refractivity contribution in [2.75, 3.05) is 0 Å². The summed E-state index contributed by atoms with van der Waals surface area (Å²) in [6.45, 7) is 8.73. The molecular weight excluding hydrogens is 348 g/mol. The van der Waals surface area contributed by atoms with E-state index >= 15 is 0 Å². The summed E-state index contributed by atoms with van der Waals surface area (Å²) >= 11 is 0. The van der Waals surface area contributed by atoms with Gasteiger partial charge < -0.3 is 9.84 Å². The van der Waals surface area contributed by atoms with Crippen molar-refractivity contribution in [2.24, 2.45) is 0 Å². The summed E-state index contributed by atoms with van der Waals surface area (Å²) in [5, 5.41) is 9.67. The van der Waals surface area contributed by atoms with Crippen LogP contribution in [0, 0.1) is 13.8 Å². The lowest BCUT2D eigenvalue weighted by Gasteiger charge is -2.13. The van der Waals surface area contributed by atoms with E-state index in [0.29, 0.717) is 18.3 Å². The van der Waals surface area contributed by atoms with Crippen molar-refractivity contribution in [1.82, 2.24) is 0 Å². The first-order valence-electron chi connectivity index (χ1n) is 9.51. The fraction of sp³-hybridized carbons (Fsp3) is 0.240. The monoisotopic (exact) mass is 374 g/mol. The molecule has 28 heavy (non-hydrogen) atoms. The van der Waals surface area contributed by atoms with Gasteiger partial charge in [0.2, 0.25) is 0 Å². The molecule has 0 radical (unpaired) electrons. The lowest BCUT2D eigenvalue weighted by Crippen LogP contribution is -2.04. The summed E-state index contributed by atoms with van der Waals surface area (Å²) < 4.78 is 5.84. The highest BCUT2D eigenvalue weighted by molar-refractivity contribution is 5.93. The van der Waals surface area contributed by atoms with E-state index in [-0.39, 0.29) is 5.56 Å². The van der Waals surface area contributed by atoms with Crippen molar-refractivity contribution in [2.45, 2.75) is 40.2 Å². The average Bonchev–Trinajstić information content (AvgIpc) is 2.66. The molecule has 3 aromatic rings. The van der Waals surface area contributed by atoms with Gasteiger partial charge in [-0.25, -0.2) is 4.79 Å². The highest BCUT2D eigenvalue weighted by Crippen LogP contribution is 2.30. The van der Waals surface area contributed by atoms with Gasteiger partial charge in [0.1, 0.15) is 17.9 Å². The van der Waals surface area contributed by atoms with Gasteiger partial charge in [-0.05, 0) is 59.7 Å². The Kier molecular flexibility index (Phi) is 5.84. The molecular formula is C25H26O3. The molecule has 3 rings (SSSR count). The molecule has 0 spiro atoms. The third-order valence-electron chi connectivity index (χ3n) is 4.94. The smallest absolute Gasteiger partial charge is 0.339 e. The molecule has 0 aromatic heterocycles. The number of aromatic carboxylic acids is 1. The molecule has 0 aliphatic carbocycles. The molecule has 144 valence electrons. The summed E-state index contributed by atoms with van der Waals surface area (Å²) in [7, 11) is 0. The van der Waals surface area contributed by atoms with E-state index in [2.05, 4.69) is 32.0 Å². The largest absolute Gasteiger partial charge is 0.488 e. The molecule has 0 amide bonds. The molecule has 3 aromatic carbocycles. The first-order valence-corrected chi connectivity index (χ1v) is 9.51. The second kappa shape index (κ2) is 8.30. The highest BCUT2D eigenvalue weighted by Gasteiger charge is 2.14. The van der Waals surface area contributed by atoms with Crippen LogP contribution in [0.5, 0.6) is 5.75 Å². The molecule has 0 heterocycles. The lowest BCUT2D eigenvalue weighted by molar-refractivity contribution is 0.0692. The number of rotatable bonds is 6. The van der Waals surface area contributed by atoms with Gasteiger partial charge in [0.15, 0.2) is 0 Å². The van der Waals surface area contributed by atoms with Crippen molar-refractivity contribution in [3.05, 3.63) is 88.5 Å². The van der Waals surface area contributed by atoms with Crippen LogP contribution in [-0.2, 0) is 6.61 Å². The molecule has 0 atom stereocenters. The van der Waals surface area contributed by atoms with Gasteiger partial charge in [-0.1, -0.05) is 67.9 Å². The average molecular weight is 374 g/mol. The molecule has 1 N–H and O–H groups in total. The van der Waals surface area contributed by atoms with Crippen LogP contribution in [0.3, 0.4) is 0 Å². The van der Waals surface area contributed by atoms with E-state index < -0.39 is 5.97 Å². The molecule has 0 unspecified atom stereocenters. The van der Waals surface area contributed by atoms with Crippen LogP contribution in [0.4, 0.5) is 0 Å². The third kappa shape index (κ3) is 4.42. The van der Waals surface area contributed by atoms with Crippen LogP contribution in [0.15, 0.2) is 60.7 Å². The molecule has 0 aliphatic heterocycles. The summed E-state index contributed by atoms with van der Waals surface area (Å²) in [5.41, 5.74) is 6.68. The molecule has 0 saturated carbocycles. The Morgan fingerprint density at radius 1 is 0.964 bits per heavy atom. The predicted octanol–water partition coefficient (Wildman–Crippen LogP) is 6.37. The fourth-order valence-electron chi connectivity index (χ4n) is 3.29. The number of carboxylic acids is 1. The molecule has 0 bridgehead atoms. The van der Waals surface area contributed by atoms with Crippen LogP contribution in [0.1, 0.15) is 52.4 Å². The maximum Gasteiger partial charge on any atom is 0.339 e. The van der Waals surface area contributed by atoms with Crippen molar-refractivity contribution in [3.63, 3.8) is 0 Å². The Hall–Kier alpha value is -3.07. The minimum atomic E-state index is -0.989. The number of hydrogen-bond acceptors (Lipinski definition) is 2. The summed E-state index contributed by atoms with van der Waals surface area (Å²) in [4.78, 5) is 11.8. The van der Waals surface area contributed by atoms with Crippen LogP contribution in [-0.4, -0.2) is 11.1 Å². The van der Waals surface area contributed by atoms with Gasteiger partial charge in [0, 0.05) is 0 Å². The Morgan fingerprint density at radius 3 is 2.29 bits per heavy atom. The fourth-order valence-corrected chi connectivity index (χ4v) is 3.29. The highest BCUT2D eigenvalue weighted by atomic mass is 16.5. The minimum absolute atomic E-state index is 0.177. The van der Waals surface area contributed by atoms with Crippen LogP contribution >= 0.6 is 0 Å². The maximum atomic E-state index is 11.8. The van der Waals surface area contributed by atoms with E-state index in [0.717, 1.165) is 22.3 Å². The van der Waals surface area contributed by atoms with E-state index in [1.807, 2.05) is 44.2 Å². The van der Waals surface area contributed by atoms with E-state index in [1.165, 1.54) is 11.1 Å². The number of carbonyl (C=O) groups is 1. The second-order valence-electron chi connectivity index (χ2n) is 7.52.